The lowest BCUT2D eigenvalue weighted by atomic mass is 10.2. The Morgan fingerprint density at radius 2 is 1.96 bits per heavy atom. The smallest absolute Gasteiger partial charge is 0.162 e. The number of ether oxygens (including phenoxy) is 2. The standard InChI is InChI=1S/C17H16BrClN4O2/c1-24-16-6-13(8-22-23-10-20-21-11-23)15(18)7-17(16)25-9-12-3-2-4-14(19)5-12/h2-7,10-11,22H,8-9H2,1H3. The van der Waals surface area contributed by atoms with Gasteiger partial charge < -0.3 is 14.9 Å². The number of methoxy groups -OCH3 is 1. The third-order valence-electron chi connectivity index (χ3n) is 3.49. The summed E-state index contributed by atoms with van der Waals surface area (Å²) < 4.78 is 14.0. The van der Waals surface area contributed by atoms with Crippen molar-refractivity contribution in [1.29, 1.82) is 0 Å². The summed E-state index contributed by atoms with van der Waals surface area (Å²) in [5.74, 6) is 1.31. The SMILES string of the molecule is COc1cc(CNn2cnnc2)c(Br)cc1OCc1cccc(Cl)c1. The van der Waals surface area contributed by atoms with Gasteiger partial charge in [-0.05, 0) is 35.4 Å². The fourth-order valence-corrected chi connectivity index (χ4v) is 2.91. The monoisotopic (exact) mass is 422 g/mol. The summed E-state index contributed by atoms with van der Waals surface area (Å²) in [4.78, 5) is 0. The molecule has 0 atom stereocenters. The highest BCUT2D eigenvalue weighted by Gasteiger charge is 2.11. The first-order valence-corrected chi connectivity index (χ1v) is 8.65. The van der Waals surface area contributed by atoms with E-state index in [9.17, 15) is 0 Å². The highest BCUT2D eigenvalue weighted by Crippen LogP contribution is 2.34. The van der Waals surface area contributed by atoms with Crippen LogP contribution in [0.3, 0.4) is 0 Å². The molecule has 25 heavy (non-hydrogen) atoms. The third kappa shape index (κ3) is 4.64. The van der Waals surface area contributed by atoms with Gasteiger partial charge in [-0.15, -0.1) is 10.2 Å². The van der Waals surface area contributed by atoms with E-state index in [0.29, 0.717) is 29.7 Å². The van der Waals surface area contributed by atoms with E-state index in [1.165, 1.54) is 0 Å². The Kier molecular flexibility index (Phi) is 5.78. The molecule has 0 aliphatic heterocycles. The predicted molar refractivity (Wildman–Crippen MR) is 99.6 cm³/mol. The number of aromatic nitrogens is 3. The highest BCUT2D eigenvalue weighted by molar-refractivity contribution is 9.10. The average Bonchev–Trinajstić information content (AvgIpc) is 3.12. The summed E-state index contributed by atoms with van der Waals surface area (Å²) in [6.07, 6.45) is 3.18. The van der Waals surface area contributed by atoms with E-state index in [1.54, 1.807) is 24.4 Å². The van der Waals surface area contributed by atoms with Gasteiger partial charge in [0.25, 0.3) is 0 Å². The fraction of sp³-hybridized carbons (Fsp3) is 0.176. The minimum absolute atomic E-state index is 0.404. The Hall–Kier alpha value is -2.25. The lowest BCUT2D eigenvalue weighted by molar-refractivity contribution is 0.284. The van der Waals surface area contributed by atoms with Crippen molar-refractivity contribution in [3.05, 3.63) is 69.7 Å². The Labute approximate surface area is 158 Å². The molecule has 0 spiro atoms. The molecule has 0 radical (unpaired) electrons. The van der Waals surface area contributed by atoms with Gasteiger partial charge in [0.1, 0.15) is 19.3 Å². The number of nitrogens with zero attached hydrogens (tertiary/aromatic N) is 3. The summed E-state index contributed by atoms with van der Waals surface area (Å²) in [5, 5.41) is 8.18. The first-order valence-electron chi connectivity index (χ1n) is 7.48. The average molecular weight is 424 g/mol. The second-order valence-corrected chi connectivity index (χ2v) is 6.51. The Bertz CT molecular complexity index is 843. The molecule has 1 heterocycles. The number of halogens is 2. The van der Waals surface area contributed by atoms with E-state index in [-0.39, 0.29) is 0 Å². The quantitative estimate of drug-likeness (QED) is 0.622. The molecule has 0 aliphatic rings. The van der Waals surface area contributed by atoms with Crippen LogP contribution in [0.2, 0.25) is 5.02 Å². The largest absolute Gasteiger partial charge is 0.493 e. The van der Waals surface area contributed by atoms with Crippen LogP contribution in [-0.2, 0) is 13.2 Å². The molecule has 0 fully saturated rings. The highest BCUT2D eigenvalue weighted by atomic mass is 79.9. The molecule has 3 aromatic rings. The maximum Gasteiger partial charge on any atom is 0.162 e. The van der Waals surface area contributed by atoms with Crippen LogP contribution in [0, 0.1) is 0 Å². The molecule has 6 nitrogen and oxygen atoms in total. The fourth-order valence-electron chi connectivity index (χ4n) is 2.23. The zero-order valence-electron chi connectivity index (χ0n) is 13.4. The Balaban J connectivity index is 1.72. The van der Waals surface area contributed by atoms with Crippen molar-refractivity contribution in [2.75, 3.05) is 12.5 Å². The van der Waals surface area contributed by atoms with Crippen molar-refractivity contribution >= 4 is 27.5 Å². The van der Waals surface area contributed by atoms with Gasteiger partial charge >= 0.3 is 0 Å². The molecule has 0 unspecified atom stereocenters. The molecule has 2 aromatic carbocycles. The maximum absolute atomic E-state index is 6.00. The molecule has 8 heteroatoms. The maximum atomic E-state index is 6.00. The number of rotatable bonds is 7. The van der Waals surface area contributed by atoms with Crippen LogP contribution < -0.4 is 14.9 Å². The minimum atomic E-state index is 0.404. The van der Waals surface area contributed by atoms with E-state index < -0.39 is 0 Å². The van der Waals surface area contributed by atoms with Crippen LogP contribution in [-0.4, -0.2) is 22.0 Å². The molecule has 0 amide bonds. The van der Waals surface area contributed by atoms with Gasteiger partial charge in [-0.2, -0.15) is 0 Å². The van der Waals surface area contributed by atoms with Crippen LogP contribution in [0.1, 0.15) is 11.1 Å². The molecule has 0 saturated carbocycles. The van der Waals surface area contributed by atoms with Crippen molar-refractivity contribution in [3.63, 3.8) is 0 Å². The molecule has 1 N–H and O–H groups in total. The van der Waals surface area contributed by atoms with Gasteiger partial charge in [0.05, 0.1) is 13.7 Å². The summed E-state index contributed by atoms with van der Waals surface area (Å²) in [6, 6.07) is 11.4. The lowest BCUT2D eigenvalue weighted by Crippen LogP contribution is -2.12. The first kappa shape index (κ1) is 17.6. The molecule has 0 saturated heterocycles. The van der Waals surface area contributed by atoms with Gasteiger partial charge in [-0.25, -0.2) is 4.68 Å². The number of benzene rings is 2. The number of hydrogen-bond donors (Lipinski definition) is 1. The van der Waals surface area contributed by atoms with E-state index in [1.807, 2.05) is 36.4 Å². The van der Waals surface area contributed by atoms with Crippen molar-refractivity contribution in [1.82, 2.24) is 14.9 Å². The lowest BCUT2D eigenvalue weighted by Gasteiger charge is -2.15. The summed E-state index contributed by atoms with van der Waals surface area (Å²) >= 11 is 9.58. The zero-order valence-corrected chi connectivity index (χ0v) is 15.8. The van der Waals surface area contributed by atoms with E-state index in [0.717, 1.165) is 15.6 Å². The zero-order chi connectivity index (χ0) is 17.6. The van der Waals surface area contributed by atoms with E-state index in [2.05, 4.69) is 31.6 Å². The van der Waals surface area contributed by atoms with Crippen LogP contribution in [0.5, 0.6) is 11.5 Å². The van der Waals surface area contributed by atoms with Gasteiger partial charge in [0, 0.05) is 9.50 Å². The van der Waals surface area contributed by atoms with Gasteiger partial charge in [0.2, 0.25) is 0 Å². The van der Waals surface area contributed by atoms with E-state index >= 15 is 0 Å². The molecular weight excluding hydrogens is 408 g/mol. The Morgan fingerprint density at radius 3 is 2.68 bits per heavy atom. The summed E-state index contributed by atoms with van der Waals surface area (Å²) in [6.45, 7) is 0.977. The van der Waals surface area contributed by atoms with Crippen LogP contribution in [0.15, 0.2) is 53.5 Å². The normalized spacial score (nSPS) is 10.5. The topological polar surface area (TPSA) is 61.2 Å². The van der Waals surface area contributed by atoms with Gasteiger partial charge in [0.15, 0.2) is 11.5 Å². The van der Waals surface area contributed by atoms with Crippen molar-refractivity contribution in [3.8, 4) is 11.5 Å². The van der Waals surface area contributed by atoms with Gasteiger partial charge in [-0.3, -0.25) is 0 Å². The second kappa shape index (κ2) is 8.22. The molecule has 0 bridgehead atoms. The molecular formula is C17H16BrClN4O2. The molecule has 0 aliphatic carbocycles. The first-order chi connectivity index (χ1) is 12.2. The number of hydrogen-bond acceptors (Lipinski definition) is 5. The summed E-state index contributed by atoms with van der Waals surface area (Å²) in [5.41, 5.74) is 5.17. The third-order valence-corrected chi connectivity index (χ3v) is 4.46. The summed E-state index contributed by atoms with van der Waals surface area (Å²) in [7, 11) is 1.62. The van der Waals surface area contributed by atoms with Crippen molar-refractivity contribution < 1.29 is 9.47 Å². The van der Waals surface area contributed by atoms with Crippen molar-refractivity contribution in [2.24, 2.45) is 0 Å². The number of nitrogens with one attached hydrogen (secondary N) is 1. The van der Waals surface area contributed by atoms with E-state index in [4.69, 9.17) is 21.1 Å². The molecule has 3 rings (SSSR count). The van der Waals surface area contributed by atoms with Crippen molar-refractivity contribution in [2.45, 2.75) is 13.2 Å². The predicted octanol–water partition coefficient (Wildman–Crippen LogP) is 4.03. The van der Waals surface area contributed by atoms with Crippen LogP contribution in [0.4, 0.5) is 0 Å². The van der Waals surface area contributed by atoms with Crippen LogP contribution >= 0.6 is 27.5 Å². The molecule has 130 valence electrons. The second-order valence-electron chi connectivity index (χ2n) is 5.22. The minimum Gasteiger partial charge on any atom is -0.493 e. The van der Waals surface area contributed by atoms with Gasteiger partial charge in [-0.1, -0.05) is 39.7 Å². The Morgan fingerprint density at radius 1 is 1.16 bits per heavy atom. The van der Waals surface area contributed by atoms with Crippen LogP contribution in [0.25, 0.3) is 0 Å². The molecule has 1 aromatic heterocycles.